The number of pyridine rings is 1. The second-order valence-electron chi connectivity index (χ2n) is 9.42. The van der Waals surface area contributed by atoms with E-state index in [-0.39, 0.29) is 40.5 Å². The van der Waals surface area contributed by atoms with Crippen molar-refractivity contribution >= 4 is 11.0 Å². The molecule has 0 amide bonds. The van der Waals surface area contributed by atoms with Gasteiger partial charge in [-0.15, -0.1) is 0 Å². The summed E-state index contributed by atoms with van der Waals surface area (Å²) in [5.41, 5.74) is -0.802. The molecule has 0 aliphatic heterocycles. The standard InChI is InChI=1S/C30H26FN3O6/c1-17-8-13-22(21(31)14-17)34-28-27(29(37)33(30(34)38)16-19-9-11-20(39-4)12-10-19)25(15-26(36)32(28)3)40-24-7-5-6-23(35)18(24)2/h5-15,35H,16H2,1-4H3. The average molecular weight is 544 g/mol. The number of rotatable bonds is 6. The van der Waals surface area contributed by atoms with Gasteiger partial charge in [0, 0.05) is 18.7 Å². The van der Waals surface area contributed by atoms with Crippen molar-refractivity contribution in [1.82, 2.24) is 13.7 Å². The van der Waals surface area contributed by atoms with Gasteiger partial charge in [-0.2, -0.15) is 0 Å². The fourth-order valence-corrected chi connectivity index (χ4v) is 4.54. The summed E-state index contributed by atoms with van der Waals surface area (Å²) < 4.78 is 29.7. The minimum atomic E-state index is -0.836. The number of ether oxygens (including phenoxy) is 2. The van der Waals surface area contributed by atoms with Crippen molar-refractivity contribution in [2.24, 2.45) is 7.05 Å². The summed E-state index contributed by atoms with van der Waals surface area (Å²) in [5, 5.41) is 10.1. The highest BCUT2D eigenvalue weighted by molar-refractivity contribution is 5.83. The van der Waals surface area contributed by atoms with Gasteiger partial charge in [0.05, 0.1) is 19.3 Å². The molecule has 0 spiro atoms. The maximum Gasteiger partial charge on any atom is 0.337 e. The summed E-state index contributed by atoms with van der Waals surface area (Å²) in [4.78, 5) is 41.0. The van der Waals surface area contributed by atoms with E-state index in [2.05, 4.69) is 0 Å². The number of hydrogen-bond donors (Lipinski definition) is 1. The molecule has 1 N–H and O–H groups in total. The highest BCUT2D eigenvalue weighted by atomic mass is 19.1. The molecule has 0 aliphatic carbocycles. The van der Waals surface area contributed by atoms with Gasteiger partial charge in [0.25, 0.3) is 11.1 Å². The lowest BCUT2D eigenvalue weighted by atomic mass is 10.2. The summed E-state index contributed by atoms with van der Waals surface area (Å²) in [6.07, 6.45) is 0. The van der Waals surface area contributed by atoms with Gasteiger partial charge in [0.15, 0.2) is 0 Å². The number of halogens is 1. The Morgan fingerprint density at radius 3 is 2.33 bits per heavy atom. The Hall–Kier alpha value is -5.12. The molecule has 204 valence electrons. The van der Waals surface area contributed by atoms with E-state index in [1.165, 1.54) is 32.4 Å². The number of methoxy groups -OCH3 is 1. The van der Waals surface area contributed by atoms with E-state index in [0.29, 0.717) is 22.4 Å². The Morgan fingerprint density at radius 1 is 0.925 bits per heavy atom. The van der Waals surface area contributed by atoms with Crippen LogP contribution in [0.3, 0.4) is 0 Å². The van der Waals surface area contributed by atoms with Gasteiger partial charge in [-0.05, 0) is 61.4 Å². The summed E-state index contributed by atoms with van der Waals surface area (Å²) in [6, 6.07) is 16.9. The van der Waals surface area contributed by atoms with Crippen LogP contribution < -0.4 is 26.3 Å². The highest BCUT2D eigenvalue weighted by Crippen LogP contribution is 2.32. The highest BCUT2D eigenvalue weighted by Gasteiger charge is 2.24. The van der Waals surface area contributed by atoms with Crippen molar-refractivity contribution in [3.63, 3.8) is 0 Å². The van der Waals surface area contributed by atoms with E-state index in [4.69, 9.17) is 9.47 Å². The average Bonchev–Trinajstić information content (AvgIpc) is 2.93. The molecule has 9 nitrogen and oxygen atoms in total. The molecule has 40 heavy (non-hydrogen) atoms. The molecule has 0 unspecified atom stereocenters. The molecule has 0 saturated heterocycles. The van der Waals surface area contributed by atoms with Gasteiger partial charge in [0.1, 0.15) is 39.8 Å². The van der Waals surface area contributed by atoms with E-state index in [1.807, 2.05) is 0 Å². The van der Waals surface area contributed by atoms with E-state index in [9.17, 15) is 19.5 Å². The predicted molar refractivity (Wildman–Crippen MR) is 149 cm³/mol. The molecular weight excluding hydrogens is 517 g/mol. The topological polar surface area (TPSA) is 105 Å². The second-order valence-corrected chi connectivity index (χ2v) is 9.42. The molecule has 3 aromatic carbocycles. The van der Waals surface area contributed by atoms with Gasteiger partial charge in [0.2, 0.25) is 0 Å². The molecule has 0 saturated carbocycles. The van der Waals surface area contributed by atoms with Crippen LogP contribution in [-0.2, 0) is 13.6 Å². The monoisotopic (exact) mass is 543 g/mol. The molecular formula is C30H26FN3O6. The number of benzene rings is 3. The first-order chi connectivity index (χ1) is 19.1. The molecule has 5 aromatic rings. The van der Waals surface area contributed by atoms with E-state index >= 15 is 4.39 Å². The van der Waals surface area contributed by atoms with Crippen LogP contribution in [0, 0.1) is 19.7 Å². The third kappa shape index (κ3) is 4.53. The van der Waals surface area contributed by atoms with E-state index in [0.717, 1.165) is 19.8 Å². The first-order valence-electron chi connectivity index (χ1n) is 12.4. The first-order valence-corrected chi connectivity index (χ1v) is 12.4. The molecule has 2 aromatic heterocycles. The summed E-state index contributed by atoms with van der Waals surface area (Å²) in [6.45, 7) is 3.18. The molecule has 10 heteroatoms. The van der Waals surface area contributed by atoms with Gasteiger partial charge in [-0.25, -0.2) is 13.8 Å². The smallest absolute Gasteiger partial charge is 0.337 e. The van der Waals surface area contributed by atoms with Crippen molar-refractivity contribution in [3.05, 3.63) is 120 Å². The Morgan fingerprint density at radius 2 is 1.65 bits per heavy atom. The van der Waals surface area contributed by atoms with Crippen molar-refractivity contribution in [2.45, 2.75) is 20.4 Å². The van der Waals surface area contributed by atoms with Crippen LogP contribution in [0.5, 0.6) is 23.0 Å². The van der Waals surface area contributed by atoms with E-state index < -0.39 is 22.6 Å². The van der Waals surface area contributed by atoms with Crippen molar-refractivity contribution in [1.29, 1.82) is 0 Å². The minimum absolute atomic E-state index is 0.0406. The quantitative estimate of drug-likeness (QED) is 0.345. The zero-order chi connectivity index (χ0) is 28.7. The summed E-state index contributed by atoms with van der Waals surface area (Å²) in [5.74, 6) is -0.0841. The van der Waals surface area contributed by atoms with E-state index in [1.54, 1.807) is 56.3 Å². The Bertz CT molecular complexity index is 1960. The maximum absolute atomic E-state index is 15.4. The van der Waals surface area contributed by atoms with Crippen molar-refractivity contribution in [2.75, 3.05) is 7.11 Å². The van der Waals surface area contributed by atoms with Crippen LogP contribution in [0.2, 0.25) is 0 Å². The fraction of sp³-hybridized carbons (Fsp3) is 0.167. The fourth-order valence-electron chi connectivity index (χ4n) is 4.54. The minimum Gasteiger partial charge on any atom is -0.508 e. The van der Waals surface area contributed by atoms with Crippen LogP contribution in [0.4, 0.5) is 4.39 Å². The van der Waals surface area contributed by atoms with Crippen LogP contribution in [0.15, 0.2) is 81.1 Å². The zero-order valence-electron chi connectivity index (χ0n) is 22.3. The number of aromatic hydroxyl groups is 1. The lowest BCUT2D eigenvalue weighted by Gasteiger charge is -2.19. The summed E-state index contributed by atoms with van der Waals surface area (Å²) in [7, 11) is 2.92. The zero-order valence-corrected chi connectivity index (χ0v) is 22.3. The molecule has 0 bridgehead atoms. The predicted octanol–water partition coefficient (Wildman–Crippen LogP) is 4.16. The first kappa shape index (κ1) is 26.5. The summed E-state index contributed by atoms with van der Waals surface area (Å²) >= 11 is 0. The van der Waals surface area contributed by atoms with Crippen molar-refractivity contribution in [3.8, 4) is 28.7 Å². The lowest BCUT2D eigenvalue weighted by molar-refractivity contribution is 0.414. The Balaban J connectivity index is 1.88. The number of nitrogens with zero attached hydrogens (tertiary/aromatic N) is 3. The van der Waals surface area contributed by atoms with Gasteiger partial charge >= 0.3 is 5.69 Å². The van der Waals surface area contributed by atoms with Gasteiger partial charge < -0.3 is 14.6 Å². The number of phenols is 1. The Labute approximate surface area is 227 Å². The molecule has 0 radical (unpaired) electrons. The number of fused-ring (bicyclic) bond motifs is 1. The van der Waals surface area contributed by atoms with Crippen LogP contribution >= 0.6 is 0 Å². The van der Waals surface area contributed by atoms with Crippen molar-refractivity contribution < 1.29 is 19.0 Å². The van der Waals surface area contributed by atoms with Crippen LogP contribution in [0.25, 0.3) is 16.7 Å². The normalized spacial score (nSPS) is 11.1. The third-order valence-electron chi connectivity index (χ3n) is 6.79. The van der Waals surface area contributed by atoms with Gasteiger partial charge in [-0.3, -0.25) is 18.7 Å². The number of phenolic OH excluding ortho intramolecular Hbond substituents is 1. The van der Waals surface area contributed by atoms with Crippen LogP contribution in [-0.4, -0.2) is 25.9 Å². The molecule has 0 fully saturated rings. The molecule has 0 atom stereocenters. The number of aryl methyl sites for hydroxylation is 2. The SMILES string of the molecule is COc1ccc(Cn2c(=O)c3c(Oc4cccc(O)c4C)cc(=O)n(C)c3n(-c3ccc(C)cc3F)c2=O)cc1. The Kier molecular flexibility index (Phi) is 6.76. The number of hydrogen-bond acceptors (Lipinski definition) is 6. The molecule has 2 heterocycles. The second kappa shape index (κ2) is 10.2. The van der Waals surface area contributed by atoms with Crippen LogP contribution in [0.1, 0.15) is 16.7 Å². The molecule has 0 aliphatic rings. The maximum atomic E-state index is 15.4. The third-order valence-corrected chi connectivity index (χ3v) is 6.79. The lowest BCUT2D eigenvalue weighted by Crippen LogP contribution is -2.42. The largest absolute Gasteiger partial charge is 0.508 e. The number of aromatic nitrogens is 3. The molecule has 5 rings (SSSR count). The van der Waals surface area contributed by atoms with Gasteiger partial charge in [-0.1, -0.05) is 24.3 Å².